The molecule has 0 aliphatic rings. The number of carbonyl (C=O) groups is 1. The number of rotatable bonds is 5. The summed E-state index contributed by atoms with van der Waals surface area (Å²) in [5.74, 6) is -1.17. The monoisotopic (exact) mass is 535 g/mol. The number of carbonyl (C=O) groups excluding carboxylic acids is 1. The Hall–Kier alpha value is -2.60. The second-order valence-electron chi connectivity index (χ2n) is 5.63. The summed E-state index contributed by atoms with van der Waals surface area (Å²) < 4.78 is 46.1. The van der Waals surface area contributed by atoms with Crippen LogP contribution in [0.25, 0.3) is 0 Å². The Bertz CT molecular complexity index is 1020. The van der Waals surface area contributed by atoms with E-state index in [1.807, 2.05) is 0 Å². The molecule has 0 saturated carbocycles. The van der Waals surface area contributed by atoms with Crippen molar-refractivity contribution in [2.75, 3.05) is 5.32 Å². The van der Waals surface area contributed by atoms with Gasteiger partial charge in [-0.2, -0.15) is 4.98 Å². The summed E-state index contributed by atoms with van der Waals surface area (Å²) in [5, 5.41) is 15.9. The Morgan fingerprint density at radius 1 is 1.17 bits per heavy atom. The lowest BCUT2D eigenvalue weighted by Gasteiger charge is -2.09. The summed E-state index contributed by atoms with van der Waals surface area (Å²) in [4.78, 5) is 16.2. The Balaban J connectivity index is 1.65. The molecule has 7 nitrogen and oxygen atoms in total. The Kier molecular flexibility index (Phi) is 6.13. The van der Waals surface area contributed by atoms with E-state index in [1.165, 1.54) is 12.1 Å². The second kappa shape index (κ2) is 8.41. The van der Waals surface area contributed by atoms with Crippen LogP contribution in [0.2, 0.25) is 0 Å². The van der Waals surface area contributed by atoms with Gasteiger partial charge in [0.2, 0.25) is 0 Å². The number of benzene rings is 2. The first-order valence-electron chi connectivity index (χ1n) is 7.77. The van der Waals surface area contributed by atoms with Gasteiger partial charge in [-0.05, 0) is 73.8 Å². The minimum Gasteiger partial charge on any atom is -0.506 e. The first-order chi connectivity index (χ1) is 13.6. The van der Waals surface area contributed by atoms with Gasteiger partial charge in [-0.3, -0.25) is 4.79 Å². The highest BCUT2D eigenvalue weighted by Crippen LogP contribution is 2.33. The third-order valence-corrected chi connectivity index (χ3v) is 4.66. The zero-order valence-electron chi connectivity index (χ0n) is 14.1. The molecule has 0 fully saturated rings. The maximum absolute atomic E-state index is 12.2. The number of anilines is 1. The van der Waals surface area contributed by atoms with E-state index in [0.29, 0.717) is 8.95 Å². The molecule has 2 aromatic carbocycles. The smallest absolute Gasteiger partial charge is 0.506 e. The third-order valence-electron chi connectivity index (χ3n) is 3.45. The highest BCUT2D eigenvalue weighted by atomic mass is 79.9. The van der Waals surface area contributed by atoms with Gasteiger partial charge in [-0.1, -0.05) is 5.16 Å². The van der Waals surface area contributed by atoms with E-state index in [2.05, 4.69) is 52.1 Å². The minimum atomic E-state index is -4.80. The molecule has 12 heteroatoms. The summed E-state index contributed by atoms with van der Waals surface area (Å²) >= 11 is 6.43. The average molecular weight is 537 g/mol. The van der Waals surface area contributed by atoms with E-state index in [1.54, 1.807) is 12.1 Å². The van der Waals surface area contributed by atoms with Crippen molar-refractivity contribution >= 4 is 43.5 Å². The molecule has 0 aliphatic carbocycles. The van der Waals surface area contributed by atoms with Crippen molar-refractivity contribution < 1.29 is 32.3 Å². The van der Waals surface area contributed by atoms with Gasteiger partial charge in [0.05, 0.1) is 8.95 Å². The number of aromatic nitrogens is 2. The van der Waals surface area contributed by atoms with Gasteiger partial charge in [-0.15, -0.1) is 13.2 Å². The van der Waals surface area contributed by atoms with E-state index in [9.17, 15) is 23.1 Å². The van der Waals surface area contributed by atoms with E-state index in [4.69, 9.17) is 4.52 Å². The fourth-order valence-electron chi connectivity index (χ4n) is 2.25. The normalized spacial score (nSPS) is 11.3. The molecule has 0 atom stereocenters. The van der Waals surface area contributed by atoms with Gasteiger partial charge in [0, 0.05) is 12.1 Å². The number of ether oxygens (including phenoxy) is 1. The molecular weight excluding hydrogens is 527 g/mol. The summed E-state index contributed by atoms with van der Waals surface area (Å²) in [5.41, 5.74) is 0.963. The number of aromatic hydroxyl groups is 1. The van der Waals surface area contributed by atoms with Crippen molar-refractivity contribution in [3.63, 3.8) is 0 Å². The maximum Gasteiger partial charge on any atom is 0.573 e. The lowest BCUT2D eigenvalue weighted by Crippen LogP contribution is -2.17. The van der Waals surface area contributed by atoms with Gasteiger partial charge < -0.3 is 19.7 Å². The fraction of sp³-hybridized carbons (Fsp3) is 0.118. The second-order valence-corrected chi connectivity index (χ2v) is 7.34. The van der Waals surface area contributed by atoms with Gasteiger partial charge in [0.15, 0.2) is 5.82 Å². The molecule has 0 unspecified atom stereocenters. The minimum absolute atomic E-state index is 0.0496. The van der Waals surface area contributed by atoms with Crippen molar-refractivity contribution in [1.82, 2.24) is 10.1 Å². The predicted molar refractivity (Wildman–Crippen MR) is 102 cm³/mol. The predicted octanol–water partition coefficient (Wildman–Crippen LogP) is 5.04. The Morgan fingerprint density at radius 3 is 2.38 bits per heavy atom. The number of nitrogens with zero attached hydrogens (tertiary/aromatic N) is 2. The average Bonchev–Trinajstić information content (AvgIpc) is 3.08. The number of alkyl halides is 3. The molecular formula is C17H10Br2F3N3O4. The van der Waals surface area contributed by atoms with Crippen LogP contribution >= 0.6 is 31.9 Å². The SMILES string of the molecule is O=C(Nc1ccc(OC(F)(F)F)cc1)c1nc(Cc2cc(Br)c(O)c(Br)c2)no1. The molecule has 0 saturated heterocycles. The summed E-state index contributed by atoms with van der Waals surface area (Å²) in [7, 11) is 0. The molecule has 0 aliphatic heterocycles. The molecule has 1 heterocycles. The maximum atomic E-state index is 12.2. The van der Waals surface area contributed by atoms with Crippen molar-refractivity contribution in [3.8, 4) is 11.5 Å². The lowest BCUT2D eigenvalue weighted by atomic mass is 10.1. The number of halogens is 5. The van der Waals surface area contributed by atoms with E-state index >= 15 is 0 Å². The number of hydrogen-bond donors (Lipinski definition) is 2. The van der Waals surface area contributed by atoms with Gasteiger partial charge >= 0.3 is 18.2 Å². The number of phenolic OH excluding ortho intramolecular Hbond substituents is 1. The first kappa shape index (κ1) is 21.1. The van der Waals surface area contributed by atoms with E-state index < -0.39 is 18.0 Å². The van der Waals surface area contributed by atoms with Crippen LogP contribution in [0.15, 0.2) is 49.9 Å². The summed E-state index contributed by atoms with van der Waals surface area (Å²) in [6, 6.07) is 7.93. The molecule has 29 heavy (non-hydrogen) atoms. The van der Waals surface area contributed by atoms with Crippen LogP contribution in [0.1, 0.15) is 22.1 Å². The van der Waals surface area contributed by atoms with Crippen molar-refractivity contribution in [2.45, 2.75) is 12.8 Å². The largest absolute Gasteiger partial charge is 0.573 e. The molecule has 1 amide bonds. The molecule has 0 spiro atoms. The molecule has 152 valence electrons. The Labute approximate surface area is 178 Å². The van der Waals surface area contributed by atoms with Crippen molar-refractivity contribution in [1.29, 1.82) is 0 Å². The molecule has 0 bridgehead atoms. The Morgan fingerprint density at radius 2 is 1.79 bits per heavy atom. The number of amides is 1. The summed E-state index contributed by atoms with van der Waals surface area (Å²) in [6.07, 6.45) is -4.56. The number of nitrogens with one attached hydrogen (secondary N) is 1. The van der Waals surface area contributed by atoms with Crippen LogP contribution in [-0.2, 0) is 6.42 Å². The topological polar surface area (TPSA) is 97.5 Å². The standard InChI is InChI=1S/C17H10Br2F3N3O4/c18-11-5-8(6-12(19)14(11)26)7-13-24-16(29-25-13)15(27)23-9-1-3-10(4-2-9)28-17(20,21)22/h1-6,26H,7H2,(H,23,27). The van der Waals surface area contributed by atoms with Crippen LogP contribution in [0.5, 0.6) is 11.5 Å². The van der Waals surface area contributed by atoms with Gasteiger partial charge in [0.25, 0.3) is 0 Å². The van der Waals surface area contributed by atoms with Crippen LogP contribution in [0, 0.1) is 0 Å². The van der Waals surface area contributed by atoms with E-state index in [-0.39, 0.29) is 29.6 Å². The zero-order valence-corrected chi connectivity index (χ0v) is 17.3. The number of phenols is 1. The molecule has 1 aromatic heterocycles. The first-order valence-corrected chi connectivity index (χ1v) is 9.36. The molecule has 0 radical (unpaired) electrons. The zero-order chi connectivity index (χ0) is 21.2. The lowest BCUT2D eigenvalue weighted by molar-refractivity contribution is -0.274. The van der Waals surface area contributed by atoms with E-state index in [0.717, 1.165) is 17.7 Å². The fourth-order valence-corrected chi connectivity index (χ4v) is 3.53. The molecule has 3 rings (SSSR count). The quantitative estimate of drug-likeness (QED) is 0.474. The van der Waals surface area contributed by atoms with Gasteiger partial charge in [0.1, 0.15) is 11.5 Å². The van der Waals surface area contributed by atoms with Crippen LogP contribution in [0.4, 0.5) is 18.9 Å². The van der Waals surface area contributed by atoms with Crippen molar-refractivity contribution in [3.05, 3.63) is 62.6 Å². The van der Waals surface area contributed by atoms with Gasteiger partial charge in [-0.25, -0.2) is 0 Å². The highest BCUT2D eigenvalue weighted by Gasteiger charge is 2.31. The molecule has 2 N–H and O–H groups in total. The summed E-state index contributed by atoms with van der Waals surface area (Å²) in [6.45, 7) is 0. The number of hydrogen-bond acceptors (Lipinski definition) is 6. The van der Waals surface area contributed by atoms with Crippen LogP contribution in [-0.4, -0.2) is 27.5 Å². The third kappa shape index (κ3) is 5.70. The van der Waals surface area contributed by atoms with Crippen molar-refractivity contribution in [2.24, 2.45) is 0 Å². The van der Waals surface area contributed by atoms with Crippen LogP contribution < -0.4 is 10.1 Å². The highest BCUT2D eigenvalue weighted by molar-refractivity contribution is 9.11. The molecule has 3 aromatic rings. The van der Waals surface area contributed by atoms with Crippen LogP contribution in [0.3, 0.4) is 0 Å².